The van der Waals surface area contributed by atoms with Gasteiger partial charge in [-0.2, -0.15) is 0 Å². The predicted molar refractivity (Wildman–Crippen MR) is 72.1 cm³/mol. The maximum absolute atomic E-state index is 6.00. The molecule has 0 spiro atoms. The average Bonchev–Trinajstić information content (AvgIpc) is 2.74. The molecule has 1 aromatic rings. The third-order valence-electron chi connectivity index (χ3n) is 3.43. The summed E-state index contributed by atoms with van der Waals surface area (Å²) in [6.07, 6.45) is 5.11. The van der Waals surface area contributed by atoms with Crippen molar-refractivity contribution in [2.45, 2.75) is 58.2 Å². The summed E-state index contributed by atoms with van der Waals surface area (Å²) < 4.78 is 7.73. The Morgan fingerprint density at radius 2 is 2.18 bits per heavy atom. The van der Waals surface area contributed by atoms with Gasteiger partial charge in [-0.25, -0.2) is 0 Å². The quantitative estimate of drug-likeness (QED) is 0.793. The van der Waals surface area contributed by atoms with Gasteiger partial charge in [-0.3, -0.25) is 0 Å². The second kappa shape index (κ2) is 6.22. The Hall–Kier alpha value is -0.800. The topological polar surface area (TPSA) is 40.2 Å². The number of hydrogen-bond acceptors (Lipinski definition) is 2. The molecule has 1 unspecified atom stereocenters. The number of nitrogens with two attached hydrogens (primary N) is 1. The summed E-state index contributed by atoms with van der Waals surface area (Å²) in [4.78, 5) is 0. The highest BCUT2D eigenvalue weighted by molar-refractivity contribution is 5.08. The second-order valence-corrected chi connectivity index (χ2v) is 5.28. The van der Waals surface area contributed by atoms with Crippen LogP contribution >= 0.6 is 0 Å². The Bertz CT molecular complexity index is 331. The van der Waals surface area contributed by atoms with Gasteiger partial charge in [0.15, 0.2) is 0 Å². The molecule has 0 bridgehead atoms. The van der Waals surface area contributed by atoms with Crippen LogP contribution in [0.5, 0.6) is 0 Å². The standard InChI is InChI=1S/C14H26N2O/c1-5-12(15)11-13-7-6-9-16(13)10-8-14(2,3)17-4/h6-7,9,12H,5,8,10-11,15H2,1-4H3. The van der Waals surface area contributed by atoms with E-state index in [1.54, 1.807) is 7.11 Å². The first-order chi connectivity index (χ1) is 7.98. The lowest BCUT2D eigenvalue weighted by atomic mass is 10.1. The molecule has 0 aliphatic heterocycles. The van der Waals surface area contributed by atoms with E-state index in [0.717, 1.165) is 25.8 Å². The maximum atomic E-state index is 6.00. The summed E-state index contributed by atoms with van der Waals surface area (Å²) in [5.74, 6) is 0. The van der Waals surface area contributed by atoms with E-state index in [-0.39, 0.29) is 11.6 Å². The monoisotopic (exact) mass is 238 g/mol. The minimum Gasteiger partial charge on any atom is -0.379 e. The van der Waals surface area contributed by atoms with Crippen molar-refractivity contribution >= 4 is 0 Å². The van der Waals surface area contributed by atoms with Crippen molar-refractivity contribution in [3.8, 4) is 0 Å². The Morgan fingerprint density at radius 3 is 2.76 bits per heavy atom. The Kier molecular flexibility index (Phi) is 5.22. The van der Waals surface area contributed by atoms with Gasteiger partial charge in [-0.05, 0) is 38.8 Å². The lowest BCUT2D eigenvalue weighted by Gasteiger charge is -2.23. The van der Waals surface area contributed by atoms with Crippen molar-refractivity contribution in [1.82, 2.24) is 4.57 Å². The fourth-order valence-electron chi connectivity index (χ4n) is 1.76. The minimum absolute atomic E-state index is 0.0611. The molecule has 0 aliphatic rings. The van der Waals surface area contributed by atoms with Crippen LogP contribution in [0.2, 0.25) is 0 Å². The van der Waals surface area contributed by atoms with Crippen molar-refractivity contribution < 1.29 is 4.74 Å². The predicted octanol–water partition coefficient (Wildman–Crippen LogP) is 2.58. The molecule has 1 rings (SSSR count). The van der Waals surface area contributed by atoms with Crippen molar-refractivity contribution in [2.24, 2.45) is 5.73 Å². The molecule has 0 amide bonds. The molecule has 3 nitrogen and oxygen atoms in total. The molecule has 0 aliphatic carbocycles. The molecular formula is C14H26N2O. The lowest BCUT2D eigenvalue weighted by Crippen LogP contribution is -2.26. The van der Waals surface area contributed by atoms with E-state index in [1.165, 1.54) is 5.69 Å². The van der Waals surface area contributed by atoms with Crippen LogP contribution in [-0.4, -0.2) is 23.3 Å². The molecule has 1 aromatic heterocycles. The molecule has 3 heteroatoms. The first-order valence-corrected chi connectivity index (χ1v) is 6.43. The van der Waals surface area contributed by atoms with Gasteiger partial charge in [-0.15, -0.1) is 0 Å². The lowest BCUT2D eigenvalue weighted by molar-refractivity contribution is 0.0119. The Balaban J connectivity index is 2.57. The smallest absolute Gasteiger partial charge is 0.0639 e. The van der Waals surface area contributed by atoms with Gasteiger partial charge in [0.05, 0.1) is 5.60 Å². The van der Waals surface area contributed by atoms with E-state index in [0.29, 0.717) is 0 Å². The highest BCUT2D eigenvalue weighted by Crippen LogP contribution is 2.16. The number of nitrogens with zero attached hydrogens (tertiary/aromatic N) is 1. The van der Waals surface area contributed by atoms with Gasteiger partial charge in [0.25, 0.3) is 0 Å². The van der Waals surface area contributed by atoms with Crippen molar-refractivity contribution in [2.75, 3.05) is 7.11 Å². The third kappa shape index (κ3) is 4.52. The van der Waals surface area contributed by atoms with Crippen LogP contribution in [0.1, 0.15) is 39.3 Å². The minimum atomic E-state index is -0.0611. The van der Waals surface area contributed by atoms with Gasteiger partial charge in [0, 0.05) is 38.0 Å². The molecular weight excluding hydrogens is 212 g/mol. The van der Waals surface area contributed by atoms with Crippen LogP contribution in [0.4, 0.5) is 0 Å². The molecule has 0 aromatic carbocycles. The van der Waals surface area contributed by atoms with Crippen LogP contribution in [0.3, 0.4) is 0 Å². The number of aryl methyl sites for hydroxylation is 1. The summed E-state index contributed by atoms with van der Waals surface area (Å²) >= 11 is 0. The summed E-state index contributed by atoms with van der Waals surface area (Å²) in [5.41, 5.74) is 7.27. The van der Waals surface area contributed by atoms with Crippen LogP contribution in [-0.2, 0) is 17.7 Å². The molecule has 98 valence electrons. The number of ether oxygens (including phenoxy) is 1. The average molecular weight is 238 g/mol. The second-order valence-electron chi connectivity index (χ2n) is 5.28. The Morgan fingerprint density at radius 1 is 1.47 bits per heavy atom. The van der Waals surface area contributed by atoms with Crippen molar-refractivity contribution in [3.05, 3.63) is 24.0 Å². The van der Waals surface area contributed by atoms with Gasteiger partial charge < -0.3 is 15.0 Å². The van der Waals surface area contributed by atoms with E-state index in [4.69, 9.17) is 10.5 Å². The van der Waals surface area contributed by atoms with Gasteiger partial charge in [0.1, 0.15) is 0 Å². The molecule has 1 atom stereocenters. The van der Waals surface area contributed by atoms with Gasteiger partial charge >= 0.3 is 0 Å². The summed E-state index contributed by atoms with van der Waals surface area (Å²) in [5, 5.41) is 0. The van der Waals surface area contributed by atoms with Gasteiger partial charge in [-0.1, -0.05) is 6.92 Å². The van der Waals surface area contributed by atoms with Crippen molar-refractivity contribution in [3.63, 3.8) is 0 Å². The first-order valence-electron chi connectivity index (χ1n) is 6.43. The molecule has 0 fully saturated rings. The highest BCUT2D eigenvalue weighted by Gasteiger charge is 2.16. The zero-order valence-electron chi connectivity index (χ0n) is 11.6. The van der Waals surface area contributed by atoms with Gasteiger partial charge in [0.2, 0.25) is 0 Å². The van der Waals surface area contributed by atoms with E-state index in [9.17, 15) is 0 Å². The van der Waals surface area contributed by atoms with E-state index in [1.807, 2.05) is 0 Å². The molecule has 1 heterocycles. The summed E-state index contributed by atoms with van der Waals surface area (Å²) in [6, 6.07) is 4.52. The fraction of sp³-hybridized carbons (Fsp3) is 0.714. The highest BCUT2D eigenvalue weighted by atomic mass is 16.5. The molecule has 0 saturated heterocycles. The fourth-order valence-corrected chi connectivity index (χ4v) is 1.76. The zero-order chi connectivity index (χ0) is 12.9. The van der Waals surface area contributed by atoms with E-state index in [2.05, 4.69) is 43.7 Å². The van der Waals surface area contributed by atoms with E-state index < -0.39 is 0 Å². The molecule has 0 radical (unpaired) electrons. The molecule has 0 saturated carbocycles. The molecule has 17 heavy (non-hydrogen) atoms. The van der Waals surface area contributed by atoms with Crippen LogP contribution in [0.15, 0.2) is 18.3 Å². The van der Waals surface area contributed by atoms with Crippen molar-refractivity contribution in [1.29, 1.82) is 0 Å². The van der Waals surface area contributed by atoms with Crippen LogP contribution in [0.25, 0.3) is 0 Å². The molecule has 2 N–H and O–H groups in total. The SMILES string of the molecule is CCC(N)Cc1cccn1CCC(C)(C)OC. The number of rotatable bonds is 7. The maximum Gasteiger partial charge on any atom is 0.0639 e. The Labute approximate surface area is 105 Å². The first kappa shape index (κ1) is 14.3. The normalized spacial score (nSPS) is 13.9. The number of methoxy groups -OCH3 is 1. The third-order valence-corrected chi connectivity index (χ3v) is 3.43. The largest absolute Gasteiger partial charge is 0.379 e. The summed E-state index contributed by atoms with van der Waals surface area (Å²) in [6.45, 7) is 7.35. The zero-order valence-corrected chi connectivity index (χ0v) is 11.6. The number of aromatic nitrogens is 1. The number of hydrogen-bond donors (Lipinski definition) is 1. The van der Waals surface area contributed by atoms with E-state index >= 15 is 0 Å². The van der Waals surface area contributed by atoms with Crippen LogP contribution in [0, 0.1) is 0 Å². The summed E-state index contributed by atoms with van der Waals surface area (Å²) in [7, 11) is 1.77. The van der Waals surface area contributed by atoms with Crippen LogP contribution < -0.4 is 5.73 Å².